The van der Waals surface area contributed by atoms with Gasteiger partial charge in [-0.2, -0.15) is 0 Å². The number of para-hydroxylation sites is 1. The number of anilines is 1. The summed E-state index contributed by atoms with van der Waals surface area (Å²) >= 11 is 0. The third-order valence-corrected chi connectivity index (χ3v) is 5.52. The largest absolute Gasteiger partial charge is 0.380 e. The van der Waals surface area contributed by atoms with E-state index in [0.717, 1.165) is 24.3 Å². The molecule has 2 unspecified atom stereocenters. The topological polar surface area (TPSA) is 68.9 Å². The summed E-state index contributed by atoms with van der Waals surface area (Å²) in [5.74, 6) is 0.491. The number of hydrogen-bond donors (Lipinski definition) is 2. The zero-order chi connectivity index (χ0) is 17.0. The second-order valence-electron chi connectivity index (χ2n) is 6.87. The van der Waals surface area contributed by atoms with Crippen molar-refractivity contribution in [1.82, 2.24) is 0 Å². The van der Waals surface area contributed by atoms with E-state index in [4.69, 9.17) is 20.2 Å². The predicted octanol–water partition coefficient (Wildman–Crippen LogP) is 3.30. The van der Waals surface area contributed by atoms with Gasteiger partial charge in [-0.05, 0) is 32.3 Å². The lowest BCUT2D eigenvalue weighted by Crippen LogP contribution is -2.56. The first-order valence-electron chi connectivity index (χ1n) is 8.98. The molecule has 132 valence electrons. The fraction of sp³-hybridized carbons (Fsp3) is 0.632. The fourth-order valence-corrected chi connectivity index (χ4v) is 4.29. The molecule has 1 aromatic carbocycles. The highest BCUT2D eigenvalue weighted by Gasteiger charge is 2.56. The van der Waals surface area contributed by atoms with Crippen LogP contribution in [-0.4, -0.2) is 31.8 Å². The predicted molar refractivity (Wildman–Crippen MR) is 97.1 cm³/mol. The van der Waals surface area contributed by atoms with Crippen LogP contribution in [0.2, 0.25) is 0 Å². The van der Waals surface area contributed by atoms with Gasteiger partial charge in [-0.25, -0.2) is 4.99 Å². The summed E-state index contributed by atoms with van der Waals surface area (Å²) in [6, 6.07) is 8.30. The summed E-state index contributed by atoms with van der Waals surface area (Å²) in [7, 11) is 1.69. The van der Waals surface area contributed by atoms with Crippen LogP contribution < -0.4 is 11.1 Å². The summed E-state index contributed by atoms with van der Waals surface area (Å²) in [5, 5.41) is 3.25. The smallest absolute Gasteiger partial charge is 0.193 e. The van der Waals surface area contributed by atoms with Crippen LogP contribution in [-0.2, 0) is 16.1 Å². The molecule has 24 heavy (non-hydrogen) atoms. The summed E-state index contributed by atoms with van der Waals surface area (Å²) in [6.45, 7) is 3.40. The minimum Gasteiger partial charge on any atom is -0.380 e. The number of ether oxygens (including phenoxy) is 2. The van der Waals surface area contributed by atoms with Gasteiger partial charge in [0, 0.05) is 30.4 Å². The van der Waals surface area contributed by atoms with Crippen LogP contribution in [0.25, 0.3) is 0 Å². The Morgan fingerprint density at radius 3 is 2.79 bits per heavy atom. The molecule has 0 aliphatic heterocycles. The van der Waals surface area contributed by atoms with Gasteiger partial charge in [0.05, 0.1) is 18.8 Å². The second kappa shape index (κ2) is 7.53. The van der Waals surface area contributed by atoms with Crippen LogP contribution in [0.15, 0.2) is 29.3 Å². The van der Waals surface area contributed by atoms with E-state index in [2.05, 4.69) is 12.2 Å². The number of nitrogens with two attached hydrogens (primary N) is 1. The zero-order valence-corrected chi connectivity index (χ0v) is 14.8. The van der Waals surface area contributed by atoms with Gasteiger partial charge in [-0.15, -0.1) is 0 Å². The Morgan fingerprint density at radius 1 is 1.33 bits per heavy atom. The first-order valence-corrected chi connectivity index (χ1v) is 8.98. The van der Waals surface area contributed by atoms with Crippen LogP contribution in [0.4, 0.5) is 5.69 Å². The van der Waals surface area contributed by atoms with Crippen LogP contribution in [0, 0.1) is 5.41 Å². The van der Waals surface area contributed by atoms with Crippen molar-refractivity contribution in [2.45, 2.75) is 57.8 Å². The molecule has 2 fully saturated rings. The Labute approximate surface area is 144 Å². The maximum Gasteiger partial charge on any atom is 0.193 e. The standard InChI is InChI=1S/C19H29N3O2/c1-3-24-17-12-16(19(17)10-6-7-11-19)22-18(20)21-15-9-5-4-8-14(15)13-23-2/h4-5,8-9,16-17H,3,6-7,10-13H2,1-2H3,(H3,20,21,22). The van der Waals surface area contributed by atoms with Crippen LogP contribution in [0.5, 0.6) is 0 Å². The molecule has 5 heteroatoms. The molecule has 0 radical (unpaired) electrons. The number of benzene rings is 1. The minimum atomic E-state index is 0.217. The number of rotatable bonds is 6. The third kappa shape index (κ3) is 3.28. The lowest BCUT2D eigenvalue weighted by molar-refractivity contribution is -0.119. The van der Waals surface area contributed by atoms with Crippen molar-refractivity contribution in [2.24, 2.45) is 16.1 Å². The second-order valence-corrected chi connectivity index (χ2v) is 6.87. The quantitative estimate of drug-likeness (QED) is 0.620. The Kier molecular flexibility index (Phi) is 5.41. The van der Waals surface area contributed by atoms with Crippen molar-refractivity contribution in [2.75, 3.05) is 19.0 Å². The SMILES string of the molecule is CCOC1CC(N=C(N)Nc2ccccc2COC)C12CCCC2. The van der Waals surface area contributed by atoms with Crippen molar-refractivity contribution >= 4 is 11.6 Å². The normalized spacial score (nSPS) is 25.7. The maximum absolute atomic E-state index is 6.21. The molecule has 1 spiro atoms. The Morgan fingerprint density at radius 2 is 2.08 bits per heavy atom. The van der Waals surface area contributed by atoms with Gasteiger partial charge in [0.25, 0.3) is 0 Å². The molecule has 0 heterocycles. The number of nitrogens with one attached hydrogen (secondary N) is 1. The van der Waals surface area contributed by atoms with Crippen molar-refractivity contribution < 1.29 is 9.47 Å². The summed E-state index contributed by atoms with van der Waals surface area (Å²) in [5.41, 5.74) is 8.46. The average molecular weight is 331 g/mol. The van der Waals surface area contributed by atoms with E-state index in [0.29, 0.717) is 18.7 Å². The third-order valence-electron chi connectivity index (χ3n) is 5.52. The number of aliphatic imine (C=N–C) groups is 1. The molecule has 0 saturated heterocycles. The molecule has 5 nitrogen and oxygen atoms in total. The summed E-state index contributed by atoms with van der Waals surface area (Å²) in [4.78, 5) is 4.81. The van der Waals surface area contributed by atoms with Crippen LogP contribution >= 0.6 is 0 Å². The molecule has 2 aliphatic carbocycles. The molecule has 0 amide bonds. The average Bonchev–Trinajstić information content (AvgIpc) is 3.09. The van der Waals surface area contributed by atoms with E-state index >= 15 is 0 Å². The molecule has 2 aliphatic rings. The lowest BCUT2D eigenvalue weighted by Gasteiger charge is -2.52. The van der Waals surface area contributed by atoms with Gasteiger partial charge in [0.15, 0.2) is 5.96 Å². The number of methoxy groups -OCH3 is 1. The van der Waals surface area contributed by atoms with Gasteiger partial charge >= 0.3 is 0 Å². The number of nitrogens with zero attached hydrogens (tertiary/aromatic N) is 1. The molecule has 2 atom stereocenters. The van der Waals surface area contributed by atoms with Gasteiger partial charge in [-0.1, -0.05) is 31.0 Å². The van der Waals surface area contributed by atoms with E-state index in [1.54, 1.807) is 7.11 Å². The van der Waals surface area contributed by atoms with Crippen LogP contribution in [0.3, 0.4) is 0 Å². The number of guanidine groups is 1. The van der Waals surface area contributed by atoms with Crippen molar-refractivity contribution in [3.63, 3.8) is 0 Å². The molecule has 3 rings (SSSR count). The van der Waals surface area contributed by atoms with E-state index < -0.39 is 0 Å². The van der Waals surface area contributed by atoms with E-state index in [9.17, 15) is 0 Å². The molecule has 1 aromatic rings. The lowest BCUT2D eigenvalue weighted by atomic mass is 9.61. The minimum absolute atomic E-state index is 0.217. The fourth-order valence-electron chi connectivity index (χ4n) is 4.29. The number of hydrogen-bond acceptors (Lipinski definition) is 3. The van der Waals surface area contributed by atoms with E-state index in [1.165, 1.54) is 25.7 Å². The van der Waals surface area contributed by atoms with Crippen molar-refractivity contribution in [1.29, 1.82) is 0 Å². The summed E-state index contributed by atoms with van der Waals surface area (Å²) < 4.78 is 11.2. The Hall–Kier alpha value is -1.59. The highest BCUT2D eigenvalue weighted by molar-refractivity contribution is 5.93. The molecule has 0 aromatic heterocycles. The Bertz CT molecular complexity index is 582. The first kappa shape index (κ1) is 17.2. The summed E-state index contributed by atoms with van der Waals surface area (Å²) in [6.07, 6.45) is 6.31. The first-order chi connectivity index (χ1) is 11.7. The zero-order valence-electron chi connectivity index (χ0n) is 14.8. The van der Waals surface area contributed by atoms with Crippen molar-refractivity contribution in [3.8, 4) is 0 Å². The Balaban J connectivity index is 1.70. The van der Waals surface area contributed by atoms with Crippen LogP contribution in [0.1, 0.15) is 44.6 Å². The maximum atomic E-state index is 6.21. The molecule has 3 N–H and O–H groups in total. The molecule has 0 bridgehead atoms. The van der Waals surface area contributed by atoms with Gasteiger partial charge < -0.3 is 20.5 Å². The van der Waals surface area contributed by atoms with Gasteiger partial charge in [0.2, 0.25) is 0 Å². The molecule has 2 saturated carbocycles. The van der Waals surface area contributed by atoms with Crippen molar-refractivity contribution in [3.05, 3.63) is 29.8 Å². The molecular formula is C19H29N3O2. The van der Waals surface area contributed by atoms with Gasteiger partial charge in [-0.3, -0.25) is 0 Å². The monoisotopic (exact) mass is 331 g/mol. The highest BCUT2D eigenvalue weighted by Crippen LogP contribution is 2.56. The molecular weight excluding hydrogens is 302 g/mol. The highest BCUT2D eigenvalue weighted by atomic mass is 16.5. The van der Waals surface area contributed by atoms with Gasteiger partial charge in [0.1, 0.15) is 0 Å². The van der Waals surface area contributed by atoms with E-state index in [1.807, 2.05) is 24.3 Å². The van der Waals surface area contributed by atoms with E-state index in [-0.39, 0.29) is 11.5 Å².